The van der Waals surface area contributed by atoms with Gasteiger partial charge in [0.2, 0.25) is 0 Å². The first-order valence-electron chi connectivity index (χ1n) is 10.3. The van der Waals surface area contributed by atoms with Crippen molar-refractivity contribution in [3.63, 3.8) is 0 Å². The predicted octanol–water partition coefficient (Wildman–Crippen LogP) is 5.51. The van der Waals surface area contributed by atoms with Gasteiger partial charge in [-0.25, -0.2) is 9.97 Å². The molecule has 0 unspecified atom stereocenters. The molecule has 4 aromatic rings. The van der Waals surface area contributed by atoms with Gasteiger partial charge in [-0.15, -0.1) is 11.3 Å². The van der Waals surface area contributed by atoms with E-state index < -0.39 is 0 Å². The van der Waals surface area contributed by atoms with Crippen molar-refractivity contribution in [3.8, 4) is 0 Å². The second-order valence-electron chi connectivity index (χ2n) is 7.44. The van der Waals surface area contributed by atoms with Gasteiger partial charge < -0.3 is 4.90 Å². The van der Waals surface area contributed by atoms with Crippen molar-refractivity contribution in [2.75, 3.05) is 31.1 Å². The summed E-state index contributed by atoms with van der Waals surface area (Å²) in [5.74, 6) is -0.00844. The number of carbonyl (C=O) groups excluding carboxylic acids is 1. The molecule has 0 bridgehead atoms. The number of rotatable bonds is 7. The minimum atomic E-state index is -0.00844. The van der Waals surface area contributed by atoms with Gasteiger partial charge in [0.1, 0.15) is 0 Å². The average Bonchev–Trinajstić information content (AvgIpc) is 3.37. The van der Waals surface area contributed by atoms with Crippen molar-refractivity contribution in [1.82, 2.24) is 14.9 Å². The van der Waals surface area contributed by atoms with Crippen molar-refractivity contribution in [2.24, 2.45) is 0 Å². The van der Waals surface area contributed by atoms with E-state index in [2.05, 4.69) is 49.7 Å². The van der Waals surface area contributed by atoms with Crippen LogP contribution >= 0.6 is 22.7 Å². The van der Waals surface area contributed by atoms with Crippen LogP contribution in [-0.2, 0) is 0 Å². The summed E-state index contributed by atoms with van der Waals surface area (Å²) in [5, 5.41) is 0.764. The number of hydrogen-bond acceptors (Lipinski definition) is 6. The number of likely N-dealkylation sites (N-methyl/N-ethyl adjacent to an activating group) is 1. The van der Waals surface area contributed by atoms with E-state index in [1.54, 1.807) is 22.7 Å². The molecular formula is C23H26N4OS2. The molecule has 0 N–H and O–H groups in total. The summed E-state index contributed by atoms with van der Waals surface area (Å²) < 4.78 is 2.15. The van der Waals surface area contributed by atoms with E-state index in [-0.39, 0.29) is 5.91 Å². The number of thiazole rings is 2. The van der Waals surface area contributed by atoms with Crippen molar-refractivity contribution in [1.29, 1.82) is 0 Å². The second kappa shape index (κ2) is 8.79. The molecule has 0 atom stereocenters. The summed E-state index contributed by atoms with van der Waals surface area (Å²) in [6, 6.07) is 10.0. The zero-order valence-electron chi connectivity index (χ0n) is 17.8. The fraction of sp³-hybridized carbons (Fsp3) is 0.348. The highest BCUT2D eigenvalue weighted by atomic mass is 32.1. The number of anilines is 1. The lowest BCUT2D eigenvalue weighted by Gasteiger charge is -2.24. The lowest BCUT2D eigenvalue weighted by Crippen LogP contribution is -2.38. The molecule has 2 aromatic carbocycles. The van der Waals surface area contributed by atoms with E-state index >= 15 is 0 Å². The Labute approximate surface area is 185 Å². The van der Waals surface area contributed by atoms with Crippen LogP contribution < -0.4 is 4.90 Å². The van der Waals surface area contributed by atoms with Gasteiger partial charge in [0.15, 0.2) is 5.13 Å². The zero-order chi connectivity index (χ0) is 21.3. The Balaban J connectivity index is 1.73. The minimum absolute atomic E-state index is 0.00844. The molecule has 2 aromatic heterocycles. The van der Waals surface area contributed by atoms with Crippen molar-refractivity contribution < 1.29 is 4.79 Å². The quantitative estimate of drug-likeness (QED) is 0.382. The molecule has 0 spiro atoms. The maximum Gasteiger partial charge on any atom is 0.260 e. The monoisotopic (exact) mass is 438 g/mol. The highest BCUT2D eigenvalue weighted by Crippen LogP contribution is 2.32. The van der Waals surface area contributed by atoms with E-state index in [4.69, 9.17) is 4.98 Å². The average molecular weight is 439 g/mol. The van der Waals surface area contributed by atoms with Crippen LogP contribution in [0.2, 0.25) is 0 Å². The van der Waals surface area contributed by atoms with Crippen LogP contribution in [0, 0.1) is 13.8 Å². The number of aryl methyl sites for hydroxylation is 2. The van der Waals surface area contributed by atoms with Gasteiger partial charge in [0.05, 0.1) is 25.9 Å². The summed E-state index contributed by atoms with van der Waals surface area (Å²) in [6.07, 6.45) is 0. The van der Waals surface area contributed by atoms with Crippen molar-refractivity contribution in [2.45, 2.75) is 27.7 Å². The number of amides is 1. The fourth-order valence-corrected chi connectivity index (χ4v) is 5.57. The van der Waals surface area contributed by atoms with Crippen LogP contribution in [0.3, 0.4) is 0 Å². The Hall–Kier alpha value is -2.35. The lowest BCUT2D eigenvalue weighted by atomic mass is 10.1. The molecule has 0 aliphatic rings. The van der Waals surface area contributed by atoms with Crippen LogP contribution in [0.15, 0.2) is 35.8 Å². The van der Waals surface area contributed by atoms with Gasteiger partial charge in [-0.05, 0) is 62.3 Å². The molecule has 0 aliphatic heterocycles. The van der Waals surface area contributed by atoms with E-state index in [0.717, 1.165) is 50.8 Å². The molecule has 5 nitrogen and oxygen atoms in total. The third-order valence-corrected chi connectivity index (χ3v) is 7.22. The number of aromatic nitrogens is 2. The summed E-state index contributed by atoms with van der Waals surface area (Å²) in [5.41, 5.74) is 6.77. The Kier molecular flexibility index (Phi) is 6.13. The molecule has 0 saturated heterocycles. The predicted molar refractivity (Wildman–Crippen MR) is 128 cm³/mol. The second-order valence-corrected chi connectivity index (χ2v) is 9.34. The van der Waals surface area contributed by atoms with Gasteiger partial charge in [-0.1, -0.05) is 31.3 Å². The van der Waals surface area contributed by atoms with Gasteiger partial charge in [-0.2, -0.15) is 0 Å². The van der Waals surface area contributed by atoms with Crippen molar-refractivity contribution >= 4 is 54.1 Å². The van der Waals surface area contributed by atoms with Crippen LogP contribution in [0.25, 0.3) is 20.4 Å². The third-order valence-electron chi connectivity index (χ3n) is 5.41. The first-order valence-corrected chi connectivity index (χ1v) is 11.9. The third kappa shape index (κ3) is 4.10. The molecule has 1 amide bonds. The molecular weight excluding hydrogens is 412 g/mol. The van der Waals surface area contributed by atoms with Gasteiger partial charge in [-0.3, -0.25) is 9.69 Å². The van der Waals surface area contributed by atoms with Gasteiger partial charge in [0.25, 0.3) is 5.91 Å². The summed E-state index contributed by atoms with van der Waals surface area (Å²) in [6.45, 7) is 11.8. The topological polar surface area (TPSA) is 49.3 Å². The Morgan fingerprint density at radius 2 is 1.83 bits per heavy atom. The van der Waals surface area contributed by atoms with Crippen LogP contribution in [0.5, 0.6) is 0 Å². The Morgan fingerprint density at radius 1 is 1.03 bits per heavy atom. The van der Waals surface area contributed by atoms with Crippen LogP contribution in [-0.4, -0.2) is 47.0 Å². The molecule has 30 heavy (non-hydrogen) atoms. The Bertz CT molecular complexity index is 1190. The highest BCUT2D eigenvalue weighted by molar-refractivity contribution is 7.22. The first-order chi connectivity index (χ1) is 14.5. The van der Waals surface area contributed by atoms with Crippen LogP contribution in [0.4, 0.5) is 5.13 Å². The molecule has 0 saturated carbocycles. The van der Waals surface area contributed by atoms with Gasteiger partial charge in [0, 0.05) is 18.7 Å². The standard InChI is InChI=1S/C23H26N4OS2/c1-5-26(6-2)9-10-27(22(28)17-7-8-18-19(13-17)29-14-24-18)23-25-21-16(4)11-15(3)12-20(21)30-23/h7-8,11-14H,5-6,9-10H2,1-4H3. The summed E-state index contributed by atoms with van der Waals surface area (Å²) in [4.78, 5) is 27.0. The molecule has 0 aliphatic carbocycles. The van der Waals surface area contributed by atoms with Crippen LogP contribution in [0.1, 0.15) is 35.3 Å². The number of carbonyl (C=O) groups is 1. The summed E-state index contributed by atoms with van der Waals surface area (Å²) >= 11 is 3.15. The van der Waals surface area contributed by atoms with E-state index in [9.17, 15) is 4.79 Å². The number of benzene rings is 2. The van der Waals surface area contributed by atoms with Crippen molar-refractivity contribution in [3.05, 3.63) is 52.5 Å². The number of fused-ring (bicyclic) bond motifs is 2. The van der Waals surface area contributed by atoms with Gasteiger partial charge >= 0.3 is 0 Å². The molecule has 4 rings (SSSR count). The molecule has 2 heterocycles. The smallest absolute Gasteiger partial charge is 0.260 e. The normalized spacial score (nSPS) is 11.6. The molecule has 0 radical (unpaired) electrons. The molecule has 7 heteroatoms. The minimum Gasteiger partial charge on any atom is -0.302 e. The molecule has 0 fully saturated rings. The first kappa shape index (κ1) is 20.9. The Morgan fingerprint density at radius 3 is 2.60 bits per heavy atom. The maximum atomic E-state index is 13.6. The van der Waals surface area contributed by atoms with E-state index in [0.29, 0.717) is 12.1 Å². The SMILES string of the molecule is CCN(CC)CCN(C(=O)c1ccc2ncsc2c1)c1nc2c(C)cc(C)cc2s1. The maximum absolute atomic E-state index is 13.6. The summed E-state index contributed by atoms with van der Waals surface area (Å²) in [7, 11) is 0. The zero-order valence-corrected chi connectivity index (χ0v) is 19.4. The fourth-order valence-electron chi connectivity index (χ4n) is 3.68. The highest BCUT2D eigenvalue weighted by Gasteiger charge is 2.23. The van der Waals surface area contributed by atoms with E-state index in [1.165, 1.54) is 5.56 Å². The lowest BCUT2D eigenvalue weighted by molar-refractivity contribution is 0.0984. The van der Waals surface area contributed by atoms with E-state index in [1.807, 2.05) is 28.6 Å². The molecule has 156 valence electrons. The largest absolute Gasteiger partial charge is 0.302 e. The number of nitrogens with zero attached hydrogens (tertiary/aromatic N) is 4. The number of hydrogen-bond donors (Lipinski definition) is 0.